The second kappa shape index (κ2) is 8.01. The molecule has 0 fully saturated rings. The summed E-state index contributed by atoms with van der Waals surface area (Å²) in [7, 11) is 1.79. The van der Waals surface area contributed by atoms with E-state index in [9.17, 15) is 9.18 Å². The number of thioether (sulfide) groups is 1. The summed E-state index contributed by atoms with van der Waals surface area (Å²) < 4.78 is 15.9. The molecule has 1 aromatic carbocycles. The van der Waals surface area contributed by atoms with Crippen molar-refractivity contribution in [2.75, 3.05) is 18.1 Å². The van der Waals surface area contributed by atoms with E-state index >= 15 is 0 Å². The third kappa shape index (κ3) is 4.13. The molecule has 2 aromatic heterocycles. The van der Waals surface area contributed by atoms with Gasteiger partial charge in [0.2, 0.25) is 5.13 Å². The Balaban J connectivity index is 1.71. The van der Waals surface area contributed by atoms with Crippen molar-refractivity contribution >= 4 is 34.0 Å². The molecule has 3 aromatic rings. The minimum Gasteiger partial charge on any atom is -0.363 e. The Hall–Kier alpha value is -2.19. The highest BCUT2D eigenvalue weighted by molar-refractivity contribution is 8.01. The number of nitrogens with one attached hydrogen (secondary N) is 1. The Morgan fingerprint density at radius 1 is 1.27 bits per heavy atom. The minimum absolute atomic E-state index is 0.0645. The molecule has 136 valence electrons. The molecule has 1 N–H and O–H groups in total. The van der Waals surface area contributed by atoms with Crippen molar-refractivity contribution in [3.63, 3.8) is 0 Å². The van der Waals surface area contributed by atoms with Gasteiger partial charge in [0.15, 0.2) is 10.1 Å². The van der Waals surface area contributed by atoms with Crippen LogP contribution in [0.1, 0.15) is 27.3 Å². The summed E-state index contributed by atoms with van der Waals surface area (Å²) in [5, 5.41) is 11.7. The summed E-state index contributed by atoms with van der Waals surface area (Å²) >= 11 is 2.82. The fraction of sp³-hybridized carbons (Fsp3) is 0.278. The van der Waals surface area contributed by atoms with Crippen LogP contribution in [0.3, 0.4) is 0 Å². The van der Waals surface area contributed by atoms with E-state index in [2.05, 4.69) is 20.1 Å². The molecular weight excluding hydrogens is 371 g/mol. The van der Waals surface area contributed by atoms with Crippen LogP contribution in [0, 0.1) is 19.7 Å². The lowest BCUT2D eigenvalue weighted by Gasteiger charge is -2.10. The maximum Gasteiger partial charge on any atom is 0.206 e. The van der Waals surface area contributed by atoms with Gasteiger partial charge in [-0.3, -0.25) is 4.79 Å². The monoisotopic (exact) mass is 390 g/mol. The molecule has 5 nitrogen and oxygen atoms in total. The summed E-state index contributed by atoms with van der Waals surface area (Å²) in [6, 6.07) is 8.35. The number of anilines is 1. The molecule has 0 spiro atoms. The number of Topliss-reactive ketones (excluding diaryl/α,β-unsaturated/α-hetero) is 1. The van der Waals surface area contributed by atoms with Gasteiger partial charge in [-0.2, -0.15) is 0 Å². The van der Waals surface area contributed by atoms with E-state index in [1.54, 1.807) is 19.2 Å². The highest BCUT2D eigenvalue weighted by Gasteiger charge is 2.17. The number of aryl methyl sites for hydroxylation is 1. The van der Waals surface area contributed by atoms with Crippen molar-refractivity contribution < 1.29 is 9.18 Å². The molecule has 3 rings (SSSR count). The first kappa shape index (κ1) is 18.6. The van der Waals surface area contributed by atoms with Gasteiger partial charge in [-0.25, -0.2) is 4.39 Å². The first-order chi connectivity index (χ1) is 12.5. The van der Waals surface area contributed by atoms with E-state index in [0.29, 0.717) is 12.3 Å². The zero-order valence-corrected chi connectivity index (χ0v) is 16.4. The summed E-state index contributed by atoms with van der Waals surface area (Å²) in [5.41, 5.74) is 3.64. The number of hydrogen-bond acceptors (Lipinski definition) is 6. The van der Waals surface area contributed by atoms with Crippen LogP contribution in [0.4, 0.5) is 9.52 Å². The molecule has 0 aliphatic rings. The van der Waals surface area contributed by atoms with Crippen molar-refractivity contribution in [2.45, 2.75) is 24.7 Å². The number of carbonyl (C=O) groups excluding carboxylic acids is 1. The third-order valence-corrected chi connectivity index (χ3v) is 6.15. The number of aromatic nitrogens is 3. The average Bonchev–Trinajstić information content (AvgIpc) is 3.21. The smallest absolute Gasteiger partial charge is 0.206 e. The van der Waals surface area contributed by atoms with E-state index in [1.807, 2.05) is 19.9 Å². The number of ketones is 1. The Labute approximate surface area is 159 Å². The normalized spacial score (nSPS) is 10.9. The highest BCUT2D eigenvalue weighted by atomic mass is 32.2. The van der Waals surface area contributed by atoms with Crippen LogP contribution in [0.2, 0.25) is 0 Å². The summed E-state index contributed by atoms with van der Waals surface area (Å²) in [6.07, 6.45) is 0. The summed E-state index contributed by atoms with van der Waals surface area (Å²) in [4.78, 5) is 12.6. The lowest BCUT2D eigenvalue weighted by molar-refractivity contribution is 0.102. The number of hydrogen-bond donors (Lipinski definition) is 1. The predicted molar refractivity (Wildman–Crippen MR) is 104 cm³/mol. The van der Waals surface area contributed by atoms with Crippen molar-refractivity contribution in [2.24, 2.45) is 0 Å². The maximum atomic E-state index is 13.1. The lowest BCUT2D eigenvalue weighted by Crippen LogP contribution is -2.07. The van der Waals surface area contributed by atoms with Gasteiger partial charge in [0.05, 0.1) is 5.75 Å². The SMILES string of the molecule is CNc1nnc(SCC(=O)c2cc(C)n(Cc3ccc(F)cc3)c2C)s1. The Morgan fingerprint density at radius 2 is 2.00 bits per heavy atom. The fourth-order valence-corrected chi connectivity index (χ4v) is 4.26. The van der Waals surface area contributed by atoms with Crippen LogP contribution in [0.15, 0.2) is 34.7 Å². The quantitative estimate of drug-likeness (QED) is 0.485. The van der Waals surface area contributed by atoms with Crippen LogP contribution in [-0.2, 0) is 6.54 Å². The molecule has 0 unspecified atom stereocenters. The maximum absolute atomic E-state index is 13.1. The van der Waals surface area contributed by atoms with Gasteiger partial charge in [0.1, 0.15) is 5.82 Å². The fourth-order valence-electron chi connectivity index (χ4n) is 2.67. The lowest BCUT2D eigenvalue weighted by atomic mass is 10.2. The number of nitrogens with zero attached hydrogens (tertiary/aromatic N) is 3. The van der Waals surface area contributed by atoms with E-state index < -0.39 is 0 Å². The summed E-state index contributed by atoms with van der Waals surface area (Å²) in [5.74, 6) is 0.134. The van der Waals surface area contributed by atoms with Gasteiger partial charge in [-0.15, -0.1) is 10.2 Å². The Kier molecular flexibility index (Phi) is 5.73. The molecule has 26 heavy (non-hydrogen) atoms. The molecule has 0 radical (unpaired) electrons. The van der Waals surface area contributed by atoms with Gasteiger partial charge >= 0.3 is 0 Å². The number of rotatable bonds is 7. The molecular formula is C18H19FN4OS2. The standard InChI is InChI=1S/C18H19FN4OS2/c1-11-8-15(16(24)10-25-18-22-21-17(20-3)26-18)12(2)23(11)9-13-4-6-14(19)7-5-13/h4-8H,9-10H2,1-3H3,(H,20,21). The first-order valence-electron chi connectivity index (χ1n) is 8.06. The first-order valence-corrected chi connectivity index (χ1v) is 9.86. The van der Waals surface area contributed by atoms with Crippen LogP contribution in [-0.4, -0.2) is 33.3 Å². The topological polar surface area (TPSA) is 59.8 Å². The van der Waals surface area contributed by atoms with Crippen molar-refractivity contribution in [3.05, 3.63) is 58.7 Å². The molecule has 0 amide bonds. The van der Waals surface area contributed by atoms with Crippen molar-refractivity contribution in [1.82, 2.24) is 14.8 Å². The van der Waals surface area contributed by atoms with E-state index in [0.717, 1.165) is 32.0 Å². The summed E-state index contributed by atoms with van der Waals surface area (Å²) in [6.45, 7) is 4.53. The Morgan fingerprint density at radius 3 is 2.65 bits per heavy atom. The molecule has 2 heterocycles. The second-order valence-corrected chi connectivity index (χ2v) is 8.03. The molecule has 0 saturated heterocycles. The van der Waals surface area contributed by atoms with Gasteiger partial charge in [0.25, 0.3) is 0 Å². The molecule has 0 aliphatic carbocycles. The number of carbonyl (C=O) groups is 1. The zero-order valence-electron chi connectivity index (χ0n) is 14.7. The van der Waals surface area contributed by atoms with Gasteiger partial charge in [-0.1, -0.05) is 35.2 Å². The van der Waals surface area contributed by atoms with Crippen molar-refractivity contribution in [3.8, 4) is 0 Å². The van der Waals surface area contributed by atoms with Crippen LogP contribution in [0.5, 0.6) is 0 Å². The zero-order chi connectivity index (χ0) is 18.7. The predicted octanol–water partition coefficient (Wildman–Crippen LogP) is 4.16. The van der Waals surface area contributed by atoms with Gasteiger partial charge < -0.3 is 9.88 Å². The molecule has 0 saturated carbocycles. The number of benzene rings is 1. The Bertz CT molecular complexity index is 918. The van der Waals surface area contributed by atoms with Crippen LogP contribution < -0.4 is 5.32 Å². The second-order valence-electron chi connectivity index (χ2n) is 5.83. The third-order valence-electron chi connectivity index (χ3n) is 4.08. The van der Waals surface area contributed by atoms with E-state index in [1.165, 1.54) is 35.2 Å². The number of halogens is 1. The highest BCUT2D eigenvalue weighted by Crippen LogP contribution is 2.27. The molecule has 0 aliphatic heterocycles. The van der Waals surface area contributed by atoms with Crippen molar-refractivity contribution in [1.29, 1.82) is 0 Å². The van der Waals surface area contributed by atoms with E-state index in [4.69, 9.17) is 0 Å². The molecule has 0 atom stereocenters. The van der Waals surface area contributed by atoms with Crippen LogP contribution >= 0.6 is 23.1 Å². The molecule has 8 heteroatoms. The van der Waals surface area contributed by atoms with Gasteiger partial charge in [0, 0.05) is 30.5 Å². The van der Waals surface area contributed by atoms with Crippen LogP contribution in [0.25, 0.3) is 0 Å². The minimum atomic E-state index is -0.249. The van der Waals surface area contributed by atoms with Gasteiger partial charge in [-0.05, 0) is 37.6 Å². The van der Waals surface area contributed by atoms with E-state index in [-0.39, 0.29) is 11.6 Å². The average molecular weight is 391 g/mol. The largest absolute Gasteiger partial charge is 0.363 e. The molecule has 0 bridgehead atoms.